The topological polar surface area (TPSA) is 155 Å². The summed E-state index contributed by atoms with van der Waals surface area (Å²) in [6.07, 6.45) is 69.2. The first kappa shape index (κ1) is 72.1. The van der Waals surface area contributed by atoms with Crippen molar-refractivity contribution in [3.63, 3.8) is 0 Å². The fraction of sp³-hybridized carbons (Fsp3) is 0.672. The predicted molar refractivity (Wildman–Crippen MR) is 316 cm³/mol. The number of hydrogen-bond donors (Lipinski definition) is 2. The molecule has 3 atom stereocenters. The molecule has 76 heavy (non-hydrogen) atoms. The van der Waals surface area contributed by atoms with E-state index in [2.05, 4.69) is 118 Å². The van der Waals surface area contributed by atoms with Crippen molar-refractivity contribution in [2.75, 3.05) is 26.4 Å². The van der Waals surface area contributed by atoms with Gasteiger partial charge in [0, 0.05) is 19.3 Å². The Balaban J connectivity index is 4.82. The molecule has 0 aromatic carbocycles. The van der Waals surface area contributed by atoms with Crippen LogP contribution in [0.25, 0.3) is 0 Å². The van der Waals surface area contributed by atoms with Crippen LogP contribution in [0.5, 0.6) is 0 Å². The fourth-order valence-electron chi connectivity index (χ4n) is 7.71. The fourth-order valence-corrected chi connectivity index (χ4v) is 8.49. The Bertz CT molecular complexity index is 1690. The second kappa shape index (κ2) is 57.3. The van der Waals surface area contributed by atoms with Gasteiger partial charge in [-0.1, -0.05) is 220 Å². The second-order valence-corrected chi connectivity index (χ2v) is 20.8. The molecular weight excluding hydrogens is 976 g/mol. The Hall–Kier alpha value is -3.86. The first-order valence-electron chi connectivity index (χ1n) is 29.8. The summed E-state index contributed by atoms with van der Waals surface area (Å²) in [5.74, 6) is -1.59. The van der Waals surface area contributed by atoms with Gasteiger partial charge in [0.1, 0.15) is 12.7 Å². The van der Waals surface area contributed by atoms with Crippen LogP contribution in [0.1, 0.15) is 239 Å². The molecule has 0 aromatic rings. The second-order valence-electron chi connectivity index (χ2n) is 19.4. The van der Waals surface area contributed by atoms with Crippen molar-refractivity contribution in [1.29, 1.82) is 0 Å². The molecule has 0 spiro atoms. The molecule has 3 unspecified atom stereocenters. The zero-order valence-electron chi connectivity index (χ0n) is 47.9. The van der Waals surface area contributed by atoms with Crippen molar-refractivity contribution in [1.82, 2.24) is 0 Å². The maximum Gasteiger partial charge on any atom is 0.472 e. The number of unbranched alkanes of at least 4 members (excludes halogenated alkanes) is 19. The van der Waals surface area contributed by atoms with Crippen molar-refractivity contribution < 1.29 is 52.2 Å². The Morgan fingerprint density at radius 3 is 1.14 bits per heavy atom. The lowest BCUT2D eigenvalue weighted by atomic mass is 10.1. The lowest BCUT2D eigenvalue weighted by molar-refractivity contribution is -0.161. The zero-order chi connectivity index (χ0) is 55.5. The van der Waals surface area contributed by atoms with E-state index in [1.165, 1.54) is 83.5 Å². The predicted octanol–water partition coefficient (Wildman–Crippen LogP) is 17.8. The number of aliphatic hydroxyl groups excluding tert-OH is 1. The van der Waals surface area contributed by atoms with Gasteiger partial charge in [-0.25, -0.2) is 4.57 Å². The van der Waals surface area contributed by atoms with Crippen LogP contribution in [0.15, 0.2) is 109 Å². The van der Waals surface area contributed by atoms with E-state index in [1.807, 2.05) is 12.2 Å². The highest BCUT2D eigenvalue weighted by Gasteiger charge is 2.28. The highest BCUT2D eigenvalue weighted by atomic mass is 31.2. The lowest BCUT2D eigenvalue weighted by Gasteiger charge is -2.21. The number of carbonyl (C=O) groups excluding carboxylic acids is 3. The maximum atomic E-state index is 12.9. The minimum Gasteiger partial charge on any atom is -0.462 e. The molecule has 0 heterocycles. The van der Waals surface area contributed by atoms with Crippen LogP contribution in [-0.4, -0.2) is 66.5 Å². The van der Waals surface area contributed by atoms with E-state index in [4.69, 9.17) is 23.3 Å². The van der Waals surface area contributed by atoms with Crippen molar-refractivity contribution in [3.8, 4) is 0 Å². The van der Waals surface area contributed by atoms with Crippen molar-refractivity contribution >= 4 is 25.7 Å². The van der Waals surface area contributed by atoms with Crippen LogP contribution in [0, 0.1) is 0 Å². The number of carbonyl (C=O) groups is 3. The van der Waals surface area contributed by atoms with E-state index in [1.54, 1.807) is 0 Å². The maximum absolute atomic E-state index is 12.9. The molecule has 0 saturated carbocycles. The third kappa shape index (κ3) is 54.9. The molecule has 0 radical (unpaired) electrons. The number of ether oxygens (including phenoxy) is 3. The monoisotopic (exact) mass is 1080 g/mol. The van der Waals surface area contributed by atoms with Crippen LogP contribution >= 0.6 is 7.82 Å². The van der Waals surface area contributed by atoms with Gasteiger partial charge in [-0.05, 0) is 109 Å². The number of esters is 3. The molecule has 0 bridgehead atoms. The van der Waals surface area contributed by atoms with E-state index in [9.17, 15) is 28.9 Å². The average molecular weight is 1080 g/mol. The molecule has 0 fully saturated rings. The number of phosphoric acid groups is 1. The molecule has 11 nitrogen and oxygen atoms in total. The van der Waals surface area contributed by atoms with Gasteiger partial charge in [-0.2, -0.15) is 0 Å². The third-order valence-electron chi connectivity index (χ3n) is 12.2. The molecule has 0 rings (SSSR count). The summed E-state index contributed by atoms with van der Waals surface area (Å²) >= 11 is 0. The third-order valence-corrected chi connectivity index (χ3v) is 13.1. The molecule has 0 amide bonds. The molecule has 0 aromatic heterocycles. The van der Waals surface area contributed by atoms with Crippen molar-refractivity contribution in [2.24, 2.45) is 0 Å². The van der Waals surface area contributed by atoms with Gasteiger partial charge in [-0.3, -0.25) is 23.4 Å². The smallest absolute Gasteiger partial charge is 0.462 e. The number of aliphatic hydroxyl groups is 1. The normalized spacial score (nSPS) is 14.1. The zero-order valence-corrected chi connectivity index (χ0v) is 48.8. The Morgan fingerprint density at radius 2 is 0.711 bits per heavy atom. The number of phosphoric ester groups is 1. The number of allylic oxidation sites excluding steroid dienone is 18. The highest BCUT2D eigenvalue weighted by molar-refractivity contribution is 7.47. The van der Waals surface area contributed by atoms with Crippen LogP contribution in [0.2, 0.25) is 0 Å². The van der Waals surface area contributed by atoms with Gasteiger partial charge in [0.15, 0.2) is 6.10 Å². The summed E-state index contributed by atoms with van der Waals surface area (Å²) in [7, 11) is -4.78. The van der Waals surface area contributed by atoms with Crippen LogP contribution in [0.4, 0.5) is 0 Å². The first-order valence-corrected chi connectivity index (χ1v) is 31.3. The molecule has 0 aliphatic heterocycles. The molecule has 12 heteroatoms. The Labute approximate surface area is 463 Å². The SMILES string of the molecule is CC/C=C\C/C=C\C/C=C\C/C=C\CCCCCCC(=O)OCC(COP(=O)(O)OCC(CO)OC(=O)CC/C=C\C/C=C\C/C=C\C/C=C\CC)OC(=O)CCCCCCCCCCC/C=C\CCCCCCCC. The van der Waals surface area contributed by atoms with Gasteiger partial charge >= 0.3 is 25.7 Å². The minimum absolute atomic E-state index is 0.0499. The minimum atomic E-state index is -4.78. The van der Waals surface area contributed by atoms with E-state index in [0.717, 1.165) is 96.3 Å². The summed E-state index contributed by atoms with van der Waals surface area (Å²) < 4.78 is 39.5. The van der Waals surface area contributed by atoms with Gasteiger partial charge in [0.25, 0.3) is 0 Å². The Morgan fingerprint density at radius 1 is 0.382 bits per heavy atom. The molecule has 0 saturated heterocycles. The van der Waals surface area contributed by atoms with Crippen LogP contribution in [-0.2, 0) is 42.2 Å². The summed E-state index contributed by atoms with van der Waals surface area (Å²) in [5.41, 5.74) is 0. The average Bonchev–Trinajstić information content (AvgIpc) is 3.41. The largest absolute Gasteiger partial charge is 0.472 e. The molecule has 0 aliphatic rings. The van der Waals surface area contributed by atoms with E-state index in [0.29, 0.717) is 19.3 Å². The summed E-state index contributed by atoms with van der Waals surface area (Å²) in [4.78, 5) is 48.6. The number of rotatable bonds is 54. The van der Waals surface area contributed by atoms with Crippen LogP contribution < -0.4 is 0 Å². The van der Waals surface area contributed by atoms with E-state index >= 15 is 0 Å². The van der Waals surface area contributed by atoms with Gasteiger partial charge < -0.3 is 24.2 Å². The lowest BCUT2D eigenvalue weighted by Crippen LogP contribution is -2.30. The molecule has 0 aliphatic carbocycles. The van der Waals surface area contributed by atoms with Crippen molar-refractivity contribution in [3.05, 3.63) is 109 Å². The summed E-state index contributed by atoms with van der Waals surface area (Å²) in [6, 6.07) is 0. The van der Waals surface area contributed by atoms with Gasteiger partial charge in [-0.15, -0.1) is 0 Å². The molecular formula is C64H107O11P. The van der Waals surface area contributed by atoms with Gasteiger partial charge in [0.05, 0.1) is 19.8 Å². The summed E-state index contributed by atoms with van der Waals surface area (Å²) in [5, 5.41) is 9.80. The quantitative estimate of drug-likeness (QED) is 0.0197. The first-order chi connectivity index (χ1) is 37.2. The molecule has 2 N–H and O–H groups in total. The van der Waals surface area contributed by atoms with Gasteiger partial charge in [0.2, 0.25) is 0 Å². The highest BCUT2D eigenvalue weighted by Crippen LogP contribution is 2.43. The van der Waals surface area contributed by atoms with Crippen molar-refractivity contribution in [2.45, 2.75) is 251 Å². The van der Waals surface area contributed by atoms with Crippen LogP contribution in [0.3, 0.4) is 0 Å². The van der Waals surface area contributed by atoms with E-state index < -0.39 is 57.8 Å². The Kier molecular flexibility index (Phi) is 54.4. The summed E-state index contributed by atoms with van der Waals surface area (Å²) in [6.45, 7) is 4.30. The van der Waals surface area contributed by atoms with E-state index in [-0.39, 0.29) is 25.9 Å². The molecule has 434 valence electrons. The number of hydrogen-bond acceptors (Lipinski definition) is 10. The standard InChI is InChI=1S/C64H107O11P/c1-4-7-10-13-16-19-22-25-27-29-30-32-34-37-40-43-46-49-52-55-64(68)75-61(57-71-62(66)53-50-47-44-41-38-36-33-31-28-26-23-20-17-14-11-8-5-2)59-73-76(69,70)72-58-60(56-65)74-63(67)54-51-48-45-42-39-35-24-21-18-15-12-9-6-3/h8-9,11-12,17-18,20-21,25-28,33,35-36,39,45,48,60-61,65H,4-7,10,13-16,19,22-24,29-32,34,37-38,40-44,46-47,49-59H2,1-3H3,(H,69,70)/b11-8-,12-9-,20-17-,21-18-,27-25-,28-26-,36-33-,39-35-,48-45-.